The molecule has 2 N–H and O–H groups in total. The van der Waals surface area contributed by atoms with Gasteiger partial charge in [-0.1, -0.05) is 54.9 Å². The highest BCUT2D eigenvalue weighted by Crippen LogP contribution is 2.35. The van der Waals surface area contributed by atoms with Crippen LogP contribution in [0.5, 0.6) is 11.5 Å². The first-order valence-electron chi connectivity index (χ1n) is 11.1. The Labute approximate surface area is 197 Å². The summed E-state index contributed by atoms with van der Waals surface area (Å²) in [7, 11) is 0. The molecule has 4 aromatic rings. The van der Waals surface area contributed by atoms with Crippen LogP contribution in [0.2, 0.25) is 5.02 Å². The Morgan fingerprint density at radius 3 is 2.73 bits per heavy atom. The largest absolute Gasteiger partial charge is 0.454 e. The van der Waals surface area contributed by atoms with Gasteiger partial charge in [-0.25, -0.2) is 0 Å². The van der Waals surface area contributed by atoms with Crippen molar-refractivity contribution in [3.63, 3.8) is 0 Å². The Kier molecular flexibility index (Phi) is 5.97. The molecule has 1 amide bonds. The van der Waals surface area contributed by atoms with Crippen molar-refractivity contribution < 1.29 is 14.3 Å². The Morgan fingerprint density at radius 2 is 1.91 bits per heavy atom. The molecule has 1 aromatic heterocycles. The van der Waals surface area contributed by atoms with Gasteiger partial charge in [0.05, 0.1) is 0 Å². The van der Waals surface area contributed by atoms with Crippen LogP contribution in [0.1, 0.15) is 41.5 Å². The van der Waals surface area contributed by atoms with Gasteiger partial charge >= 0.3 is 0 Å². The quantitative estimate of drug-likeness (QED) is 0.358. The van der Waals surface area contributed by atoms with E-state index in [-0.39, 0.29) is 18.6 Å². The number of aromatic nitrogens is 1. The molecule has 0 saturated carbocycles. The molecule has 1 atom stereocenters. The van der Waals surface area contributed by atoms with Crippen molar-refractivity contribution in [3.8, 4) is 11.5 Å². The molecule has 0 spiro atoms. The van der Waals surface area contributed by atoms with Gasteiger partial charge in [0, 0.05) is 41.0 Å². The molecule has 0 fully saturated rings. The summed E-state index contributed by atoms with van der Waals surface area (Å²) in [6, 6.07) is 19.8. The number of halogens is 1. The predicted octanol–water partition coefficient (Wildman–Crippen LogP) is 5.95. The van der Waals surface area contributed by atoms with Gasteiger partial charge in [0.1, 0.15) is 0 Å². The minimum Gasteiger partial charge on any atom is -0.454 e. The first-order chi connectivity index (χ1) is 16.1. The van der Waals surface area contributed by atoms with Crippen LogP contribution in [0.15, 0.2) is 66.9 Å². The van der Waals surface area contributed by atoms with Crippen molar-refractivity contribution in [2.45, 2.75) is 32.2 Å². The number of amides is 1. The van der Waals surface area contributed by atoms with Gasteiger partial charge in [0.2, 0.25) is 12.7 Å². The van der Waals surface area contributed by atoms with Gasteiger partial charge < -0.3 is 19.8 Å². The molecule has 5 rings (SSSR count). The van der Waals surface area contributed by atoms with Crippen LogP contribution < -0.4 is 14.8 Å². The molecule has 2 heterocycles. The number of H-pyrrole nitrogens is 1. The first kappa shape index (κ1) is 21.4. The molecular formula is C27H25ClN2O3. The summed E-state index contributed by atoms with van der Waals surface area (Å²) in [6.45, 7) is 2.81. The molecule has 0 bridgehead atoms. The summed E-state index contributed by atoms with van der Waals surface area (Å²) in [5.41, 5.74) is 5.53. The average Bonchev–Trinajstić information content (AvgIpc) is 3.48. The Morgan fingerprint density at radius 1 is 1.09 bits per heavy atom. The van der Waals surface area contributed by atoms with E-state index < -0.39 is 0 Å². The number of hydrogen-bond acceptors (Lipinski definition) is 3. The normalized spacial score (nSPS) is 13.3. The van der Waals surface area contributed by atoms with Gasteiger partial charge in [-0.15, -0.1) is 0 Å². The van der Waals surface area contributed by atoms with Crippen molar-refractivity contribution in [2.24, 2.45) is 0 Å². The second kappa shape index (κ2) is 9.20. The van der Waals surface area contributed by atoms with Crippen LogP contribution >= 0.6 is 11.6 Å². The molecule has 1 aliphatic heterocycles. The second-order valence-electron chi connectivity index (χ2n) is 8.21. The number of carbonyl (C=O) groups excluding carboxylic acids is 1. The van der Waals surface area contributed by atoms with Crippen LogP contribution in [0.25, 0.3) is 10.9 Å². The second-order valence-corrected chi connectivity index (χ2v) is 8.65. The van der Waals surface area contributed by atoms with E-state index in [2.05, 4.69) is 35.4 Å². The Balaban J connectivity index is 1.39. The zero-order valence-corrected chi connectivity index (χ0v) is 19.1. The molecule has 168 valence electrons. The molecule has 0 unspecified atom stereocenters. The standard InChI is InChI=1S/C27H25ClN2O3/c1-2-18-4-3-5-21-23(15-30-27(18)21)22(19-7-9-20(28)10-8-19)13-26(31)29-14-17-6-11-24-25(12-17)33-16-32-24/h3-12,15,22,30H,2,13-14,16H2,1H3,(H,29,31)/t22-/m0/s1. The summed E-state index contributed by atoms with van der Waals surface area (Å²) in [4.78, 5) is 16.5. The third-order valence-corrected chi connectivity index (χ3v) is 6.43. The van der Waals surface area contributed by atoms with E-state index in [0.29, 0.717) is 23.7 Å². The molecule has 0 saturated heterocycles. The molecule has 0 aliphatic carbocycles. The van der Waals surface area contributed by atoms with E-state index in [9.17, 15) is 4.79 Å². The predicted molar refractivity (Wildman–Crippen MR) is 130 cm³/mol. The van der Waals surface area contributed by atoms with E-state index in [1.807, 2.05) is 48.7 Å². The SMILES string of the molecule is CCc1cccc2c([C@@H](CC(=O)NCc3ccc4c(c3)OCO4)c3ccc(Cl)cc3)c[nH]c12. The van der Waals surface area contributed by atoms with Crippen LogP contribution in [-0.4, -0.2) is 17.7 Å². The lowest BCUT2D eigenvalue weighted by atomic mass is 9.87. The molecule has 5 nitrogen and oxygen atoms in total. The fraction of sp³-hybridized carbons (Fsp3) is 0.222. The highest BCUT2D eigenvalue weighted by molar-refractivity contribution is 6.30. The number of fused-ring (bicyclic) bond motifs is 2. The molecule has 33 heavy (non-hydrogen) atoms. The Hall–Kier alpha value is -3.44. The zero-order chi connectivity index (χ0) is 22.8. The number of carbonyl (C=O) groups is 1. The fourth-order valence-electron chi connectivity index (χ4n) is 4.43. The lowest BCUT2D eigenvalue weighted by Gasteiger charge is -2.18. The monoisotopic (exact) mass is 460 g/mol. The molecule has 1 aliphatic rings. The van der Waals surface area contributed by atoms with E-state index in [0.717, 1.165) is 39.8 Å². The van der Waals surface area contributed by atoms with Gasteiger partial charge in [-0.05, 0) is 52.9 Å². The minimum absolute atomic E-state index is 0.0198. The summed E-state index contributed by atoms with van der Waals surface area (Å²) < 4.78 is 10.8. The highest BCUT2D eigenvalue weighted by Gasteiger charge is 2.22. The van der Waals surface area contributed by atoms with Crippen LogP contribution in [0.3, 0.4) is 0 Å². The van der Waals surface area contributed by atoms with E-state index in [1.165, 1.54) is 5.56 Å². The lowest BCUT2D eigenvalue weighted by molar-refractivity contribution is -0.121. The maximum absolute atomic E-state index is 13.1. The zero-order valence-electron chi connectivity index (χ0n) is 18.4. The van der Waals surface area contributed by atoms with Crippen molar-refractivity contribution in [3.05, 3.63) is 94.1 Å². The van der Waals surface area contributed by atoms with Gasteiger partial charge in [0.25, 0.3) is 0 Å². The third-order valence-electron chi connectivity index (χ3n) is 6.18. The summed E-state index contributed by atoms with van der Waals surface area (Å²) in [6.07, 6.45) is 3.31. The van der Waals surface area contributed by atoms with Crippen molar-refractivity contribution in [2.75, 3.05) is 6.79 Å². The molecule has 0 radical (unpaired) electrons. The number of ether oxygens (including phenoxy) is 2. The van der Waals surface area contributed by atoms with Crippen molar-refractivity contribution in [1.82, 2.24) is 10.3 Å². The van der Waals surface area contributed by atoms with Gasteiger partial charge in [-0.2, -0.15) is 0 Å². The van der Waals surface area contributed by atoms with Crippen molar-refractivity contribution >= 4 is 28.4 Å². The number of para-hydroxylation sites is 1. The van der Waals surface area contributed by atoms with E-state index in [4.69, 9.17) is 21.1 Å². The topological polar surface area (TPSA) is 63.4 Å². The van der Waals surface area contributed by atoms with E-state index in [1.54, 1.807) is 0 Å². The molecular weight excluding hydrogens is 436 g/mol. The first-order valence-corrected chi connectivity index (χ1v) is 11.5. The fourth-order valence-corrected chi connectivity index (χ4v) is 4.56. The minimum atomic E-state index is -0.0973. The lowest BCUT2D eigenvalue weighted by Crippen LogP contribution is -2.25. The molecule has 3 aromatic carbocycles. The maximum atomic E-state index is 13.1. The smallest absolute Gasteiger partial charge is 0.231 e. The number of nitrogens with one attached hydrogen (secondary N) is 2. The summed E-state index contributed by atoms with van der Waals surface area (Å²) in [5, 5.41) is 4.89. The maximum Gasteiger partial charge on any atom is 0.231 e. The number of hydrogen-bond donors (Lipinski definition) is 2. The van der Waals surface area contributed by atoms with Crippen LogP contribution in [0, 0.1) is 0 Å². The van der Waals surface area contributed by atoms with Crippen molar-refractivity contribution in [1.29, 1.82) is 0 Å². The van der Waals surface area contributed by atoms with Gasteiger partial charge in [-0.3, -0.25) is 4.79 Å². The van der Waals surface area contributed by atoms with Crippen LogP contribution in [-0.2, 0) is 17.8 Å². The number of rotatable bonds is 7. The van der Waals surface area contributed by atoms with E-state index >= 15 is 0 Å². The van der Waals surface area contributed by atoms with Gasteiger partial charge in [0.15, 0.2) is 11.5 Å². The number of aryl methyl sites for hydroxylation is 1. The highest BCUT2D eigenvalue weighted by atomic mass is 35.5. The average molecular weight is 461 g/mol. The Bertz CT molecular complexity index is 1300. The third kappa shape index (κ3) is 4.41. The summed E-state index contributed by atoms with van der Waals surface area (Å²) in [5.74, 6) is 1.33. The number of benzene rings is 3. The van der Waals surface area contributed by atoms with Crippen LogP contribution in [0.4, 0.5) is 0 Å². The number of aromatic amines is 1. The molecule has 6 heteroatoms. The summed E-state index contributed by atoms with van der Waals surface area (Å²) >= 11 is 6.13.